The van der Waals surface area contributed by atoms with Crippen molar-refractivity contribution in [1.82, 2.24) is 4.31 Å². The van der Waals surface area contributed by atoms with E-state index in [1.165, 1.54) is 4.31 Å². The van der Waals surface area contributed by atoms with Crippen molar-refractivity contribution in [2.45, 2.75) is 25.8 Å². The van der Waals surface area contributed by atoms with Crippen molar-refractivity contribution in [1.29, 1.82) is 0 Å². The first-order valence-corrected chi connectivity index (χ1v) is 6.75. The third kappa shape index (κ3) is 2.01. The zero-order valence-electron chi connectivity index (χ0n) is 8.59. The fourth-order valence-electron chi connectivity index (χ4n) is 2.19. The lowest BCUT2D eigenvalue weighted by molar-refractivity contribution is -0.142. The van der Waals surface area contributed by atoms with Gasteiger partial charge in [-0.3, -0.25) is 4.79 Å². The number of hydrogen-bond acceptors (Lipinski definition) is 3. The second kappa shape index (κ2) is 3.45. The third-order valence-electron chi connectivity index (χ3n) is 2.98. The number of aliphatic carboxylic acids is 1. The molecule has 1 saturated heterocycles. The van der Waals surface area contributed by atoms with Crippen molar-refractivity contribution >= 4 is 16.0 Å². The molecule has 1 N–H and O–H groups in total. The Bertz CT molecular complexity index is 374. The van der Waals surface area contributed by atoms with E-state index in [9.17, 15) is 13.2 Å². The molecule has 0 aromatic rings. The number of carboxylic acids is 1. The van der Waals surface area contributed by atoms with Crippen LogP contribution in [0.25, 0.3) is 0 Å². The Morgan fingerprint density at radius 2 is 2.07 bits per heavy atom. The van der Waals surface area contributed by atoms with Gasteiger partial charge in [0, 0.05) is 6.54 Å². The van der Waals surface area contributed by atoms with Crippen molar-refractivity contribution in [2.75, 3.05) is 12.3 Å². The number of carbonyl (C=O) groups is 1. The fraction of sp³-hybridized carbons (Fsp3) is 0.889. The van der Waals surface area contributed by atoms with Crippen molar-refractivity contribution in [2.24, 2.45) is 11.8 Å². The molecule has 0 spiro atoms. The van der Waals surface area contributed by atoms with Gasteiger partial charge in [-0.05, 0) is 24.7 Å². The molecule has 0 aromatic carbocycles. The molecule has 15 heavy (non-hydrogen) atoms. The number of nitrogens with zero attached hydrogens (tertiary/aromatic N) is 1. The quantitative estimate of drug-likeness (QED) is 0.752. The van der Waals surface area contributed by atoms with E-state index in [1.54, 1.807) is 0 Å². The van der Waals surface area contributed by atoms with E-state index < -0.39 is 22.0 Å². The molecule has 2 unspecified atom stereocenters. The highest BCUT2D eigenvalue weighted by molar-refractivity contribution is 7.89. The van der Waals surface area contributed by atoms with Gasteiger partial charge in [0.05, 0.1) is 5.75 Å². The van der Waals surface area contributed by atoms with Crippen LogP contribution < -0.4 is 0 Å². The topological polar surface area (TPSA) is 74.7 Å². The minimum atomic E-state index is -3.33. The summed E-state index contributed by atoms with van der Waals surface area (Å²) >= 11 is 0. The number of carboxylic acid groups (broad SMARTS) is 1. The van der Waals surface area contributed by atoms with E-state index in [0.717, 1.165) is 12.8 Å². The van der Waals surface area contributed by atoms with E-state index in [2.05, 4.69) is 0 Å². The average Bonchev–Trinajstić information content (AvgIpc) is 2.80. The zero-order valence-corrected chi connectivity index (χ0v) is 9.40. The standard InChI is InChI=1S/C9H15NO4S/c1-6-4-10(15(13,14)5-6)8(9(11)12)7-2-3-7/h6-8H,2-5H2,1H3,(H,11,12). The molecule has 0 aromatic heterocycles. The van der Waals surface area contributed by atoms with Gasteiger partial charge in [0.25, 0.3) is 0 Å². The maximum absolute atomic E-state index is 11.7. The number of rotatable bonds is 3. The second-order valence-corrected chi connectivity index (χ2v) is 6.54. The molecule has 2 aliphatic rings. The molecule has 0 bridgehead atoms. The summed E-state index contributed by atoms with van der Waals surface area (Å²) in [5.74, 6) is -0.850. The molecule has 6 heteroatoms. The van der Waals surface area contributed by atoms with Crippen LogP contribution in [0.5, 0.6) is 0 Å². The highest BCUT2D eigenvalue weighted by atomic mass is 32.2. The molecule has 1 aliphatic carbocycles. The van der Waals surface area contributed by atoms with Crippen LogP contribution in [0.4, 0.5) is 0 Å². The van der Waals surface area contributed by atoms with Gasteiger partial charge in [-0.25, -0.2) is 8.42 Å². The minimum Gasteiger partial charge on any atom is -0.480 e. The van der Waals surface area contributed by atoms with E-state index >= 15 is 0 Å². The molecule has 1 heterocycles. The van der Waals surface area contributed by atoms with Gasteiger partial charge in [-0.1, -0.05) is 6.92 Å². The first-order valence-electron chi connectivity index (χ1n) is 5.14. The van der Waals surface area contributed by atoms with Crippen LogP contribution in [0.15, 0.2) is 0 Å². The Balaban J connectivity index is 2.24. The van der Waals surface area contributed by atoms with Crippen LogP contribution in [-0.4, -0.2) is 42.1 Å². The average molecular weight is 233 g/mol. The minimum absolute atomic E-state index is 0.0302. The van der Waals surface area contributed by atoms with Gasteiger partial charge in [-0.15, -0.1) is 0 Å². The van der Waals surface area contributed by atoms with E-state index in [0.29, 0.717) is 6.54 Å². The van der Waals surface area contributed by atoms with Gasteiger partial charge in [0.2, 0.25) is 10.0 Å². The van der Waals surface area contributed by atoms with E-state index in [1.807, 2.05) is 6.92 Å². The van der Waals surface area contributed by atoms with Crippen molar-refractivity contribution in [3.63, 3.8) is 0 Å². The van der Waals surface area contributed by atoms with Crippen LogP contribution in [0.1, 0.15) is 19.8 Å². The van der Waals surface area contributed by atoms with Crippen LogP contribution in [0, 0.1) is 11.8 Å². The smallest absolute Gasteiger partial charge is 0.322 e. The summed E-state index contributed by atoms with van der Waals surface area (Å²) in [7, 11) is -3.33. The largest absolute Gasteiger partial charge is 0.480 e. The highest BCUT2D eigenvalue weighted by Gasteiger charge is 2.48. The van der Waals surface area contributed by atoms with E-state index in [4.69, 9.17) is 5.11 Å². The SMILES string of the molecule is CC1CN(C(C(=O)O)C2CC2)S(=O)(=O)C1. The Kier molecular flexibility index (Phi) is 2.50. The maximum Gasteiger partial charge on any atom is 0.322 e. The lowest BCUT2D eigenvalue weighted by Crippen LogP contribution is -2.43. The molecular formula is C9H15NO4S. The first kappa shape index (κ1) is 10.9. The van der Waals surface area contributed by atoms with Crippen LogP contribution in [0.2, 0.25) is 0 Å². The second-order valence-electron chi connectivity index (χ2n) is 4.57. The Morgan fingerprint density at radius 3 is 2.40 bits per heavy atom. The van der Waals surface area contributed by atoms with Crippen LogP contribution in [-0.2, 0) is 14.8 Å². The molecule has 1 saturated carbocycles. The molecule has 5 nitrogen and oxygen atoms in total. The van der Waals surface area contributed by atoms with Crippen molar-refractivity contribution in [3.05, 3.63) is 0 Å². The summed E-state index contributed by atoms with van der Waals surface area (Å²) in [5, 5.41) is 9.06. The lowest BCUT2D eigenvalue weighted by atomic mass is 10.1. The predicted octanol–water partition coefficient (Wildman–Crippen LogP) is 0.131. The Labute approximate surface area is 89.1 Å². The predicted molar refractivity (Wildman–Crippen MR) is 53.8 cm³/mol. The number of sulfonamides is 1. The molecule has 0 radical (unpaired) electrons. The van der Waals surface area contributed by atoms with Gasteiger partial charge in [0.15, 0.2) is 0 Å². The van der Waals surface area contributed by atoms with Crippen LogP contribution in [0.3, 0.4) is 0 Å². The van der Waals surface area contributed by atoms with Crippen molar-refractivity contribution < 1.29 is 18.3 Å². The molecular weight excluding hydrogens is 218 g/mol. The molecule has 1 aliphatic heterocycles. The molecule has 0 amide bonds. The molecule has 86 valence electrons. The molecule has 2 fully saturated rings. The van der Waals surface area contributed by atoms with E-state index in [-0.39, 0.29) is 17.6 Å². The maximum atomic E-state index is 11.7. The first-order chi connectivity index (χ1) is 6.92. The third-order valence-corrected chi connectivity index (χ3v) is 5.06. The Hall–Kier alpha value is -0.620. The van der Waals surface area contributed by atoms with Crippen molar-refractivity contribution in [3.8, 4) is 0 Å². The van der Waals surface area contributed by atoms with Gasteiger partial charge >= 0.3 is 5.97 Å². The van der Waals surface area contributed by atoms with Crippen LogP contribution >= 0.6 is 0 Å². The van der Waals surface area contributed by atoms with Gasteiger partial charge in [-0.2, -0.15) is 4.31 Å². The summed E-state index contributed by atoms with van der Waals surface area (Å²) in [5.41, 5.74) is 0. The fourth-order valence-corrected chi connectivity index (χ4v) is 4.29. The number of hydrogen-bond donors (Lipinski definition) is 1. The molecule has 2 rings (SSSR count). The summed E-state index contributed by atoms with van der Waals surface area (Å²) < 4.78 is 24.6. The summed E-state index contributed by atoms with van der Waals surface area (Å²) in [6, 6.07) is -0.819. The normalized spacial score (nSPS) is 32.7. The highest BCUT2D eigenvalue weighted by Crippen LogP contribution is 2.38. The summed E-state index contributed by atoms with van der Waals surface area (Å²) in [4.78, 5) is 11.1. The molecule has 2 atom stereocenters. The monoisotopic (exact) mass is 233 g/mol. The van der Waals surface area contributed by atoms with Gasteiger partial charge < -0.3 is 5.11 Å². The Morgan fingerprint density at radius 1 is 1.47 bits per heavy atom. The lowest BCUT2D eigenvalue weighted by Gasteiger charge is -2.22. The zero-order chi connectivity index (χ0) is 11.2. The summed E-state index contributed by atoms with van der Waals surface area (Å²) in [6.45, 7) is 2.19. The van der Waals surface area contributed by atoms with Gasteiger partial charge in [0.1, 0.15) is 6.04 Å². The summed E-state index contributed by atoms with van der Waals surface area (Å²) in [6.07, 6.45) is 1.66.